The summed E-state index contributed by atoms with van der Waals surface area (Å²) in [4.78, 5) is 31.3. The molecule has 2 aliphatic heterocycles. The molecule has 0 aromatic heterocycles. The van der Waals surface area contributed by atoms with Crippen molar-refractivity contribution in [2.24, 2.45) is 17.8 Å². The molecule has 0 saturated carbocycles. The molecule has 2 fully saturated rings. The molecule has 1 N–H and O–H groups in total. The Labute approximate surface area is 185 Å². The highest BCUT2D eigenvalue weighted by atomic mass is 16.2. The zero-order valence-electron chi connectivity index (χ0n) is 20.7. The van der Waals surface area contributed by atoms with Crippen LogP contribution in [0.3, 0.4) is 0 Å². The summed E-state index contributed by atoms with van der Waals surface area (Å²) in [5.41, 5.74) is 0. The summed E-state index contributed by atoms with van der Waals surface area (Å²) in [5, 5.41) is 3.30. The predicted octanol–water partition coefficient (Wildman–Crippen LogP) is 3.08. The summed E-state index contributed by atoms with van der Waals surface area (Å²) in [5.74, 6) is 2.24. The van der Waals surface area contributed by atoms with Crippen molar-refractivity contribution >= 4 is 11.8 Å². The zero-order valence-corrected chi connectivity index (χ0v) is 20.7. The van der Waals surface area contributed by atoms with Crippen LogP contribution in [0.15, 0.2) is 0 Å². The Morgan fingerprint density at radius 3 is 2.27 bits per heavy atom. The molecule has 0 aromatic carbocycles. The number of amides is 2. The molecule has 0 bridgehead atoms. The van der Waals surface area contributed by atoms with Crippen LogP contribution in [0.25, 0.3) is 0 Å². The first-order chi connectivity index (χ1) is 14.1. The third-order valence-corrected chi connectivity index (χ3v) is 5.84. The zero-order chi connectivity index (χ0) is 22.7. The van der Waals surface area contributed by atoms with Gasteiger partial charge in [0.05, 0.1) is 12.6 Å². The highest BCUT2D eigenvalue weighted by Gasteiger charge is 2.31. The number of piperidine rings is 1. The lowest BCUT2D eigenvalue weighted by Gasteiger charge is -2.37. The van der Waals surface area contributed by atoms with E-state index in [1.54, 1.807) is 4.90 Å². The van der Waals surface area contributed by atoms with Crippen LogP contribution in [0.5, 0.6) is 0 Å². The van der Waals surface area contributed by atoms with Gasteiger partial charge < -0.3 is 20.0 Å². The average molecular weight is 425 g/mol. The number of hydrogen-bond acceptors (Lipinski definition) is 4. The lowest BCUT2D eigenvalue weighted by atomic mass is 9.93. The third kappa shape index (κ3) is 10.3. The van der Waals surface area contributed by atoms with E-state index in [2.05, 4.69) is 58.8 Å². The van der Waals surface area contributed by atoms with Crippen molar-refractivity contribution in [2.45, 2.75) is 73.3 Å². The van der Waals surface area contributed by atoms with Gasteiger partial charge in [0.15, 0.2) is 0 Å². The van der Waals surface area contributed by atoms with Crippen molar-refractivity contribution in [2.75, 3.05) is 52.9 Å². The summed E-state index contributed by atoms with van der Waals surface area (Å²) < 4.78 is 0. The van der Waals surface area contributed by atoms with Crippen LogP contribution in [-0.2, 0) is 9.59 Å². The maximum absolute atomic E-state index is 12.7. The lowest BCUT2D eigenvalue weighted by molar-refractivity contribution is -0.144. The Kier molecular flexibility index (Phi) is 12.6. The second-order valence-electron chi connectivity index (χ2n) is 10.1. The number of carbonyl (C=O) groups excluding carboxylic acids is 2. The monoisotopic (exact) mass is 424 g/mol. The van der Waals surface area contributed by atoms with E-state index in [0.29, 0.717) is 12.5 Å². The summed E-state index contributed by atoms with van der Waals surface area (Å²) in [6.07, 6.45) is 4.24. The number of carbonyl (C=O) groups is 2. The first-order valence-electron chi connectivity index (χ1n) is 12.1. The summed E-state index contributed by atoms with van der Waals surface area (Å²) in [6, 6.07) is -0.127. The predicted molar refractivity (Wildman–Crippen MR) is 125 cm³/mol. The SMILES string of the molecule is CC(C)C.CCN(C)CCC1CCN(C(=O)CN2CCNC(CC(C)C)C2=O)CC1. The molecular weight excluding hydrogens is 376 g/mol. The number of piperazine rings is 1. The van der Waals surface area contributed by atoms with Crippen LogP contribution in [0.1, 0.15) is 67.2 Å². The van der Waals surface area contributed by atoms with Gasteiger partial charge in [0.1, 0.15) is 0 Å². The van der Waals surface area contributed by atoms with Crippen LogP contribution < -0.4 is 5.32 Å². The van der Waals surface area contributed by atoms with E-state index in [0.717, 1.165) is 63.8 Å². The van der Waals surface area contributed by atoms with Gasteiger partial charge >= 0.3 is 0 Å². The molecule has 2 heterocycles. The molecule has 6 heteroatoms. The molecule has 0 radical (unpaired) electrons. The molecular formula is C24H48N4O2. The van der Waals surface area contributed by atoms with Gasteiger partial charge in [0.2, 0.25) is 11.8 Å². The number of nitrogens with one attached hydrogen (secondary N) is 1. The van der Waals surface area contributed by atoms with E-state index in [4.69, 9.17) is 0 Å². The van der Waals surface area contributed by atoms with Crippen molar-refractivity contribution in [1.29, 1.82) is 0 Å². The van der Waals surface area contributed by atoms with Gasteiger partial charge in [0.25, 0.3) is 0 Å². The van der Waals surface area contributed by atoms with Gasteiger partial charge in [-0.1, -0.05) is 41.5 Å². The van der Waals surface area contributed by atoms with Crippen molar-refractivity contribution < 1.29 is 9.59 Å². The van der Waals surface area contributed by atoms with Gasteiger partial charge in [-0.2, -0.15) is 0 Å². The largest absolute Gasteiger partial charge is 0.341 e. The first-order valence-corrected chi connectivity index (χ1v) is 12.1. The van der Waals surface area contributed by atoms with E-state index >= 15 is 0 Å². The molecule has 2 saturated heterocycles. The standard InChI is InChI=1S/C20H38N4O2.C4H10/c1-5-22(4)10-6-17-7-11-23(12-8-17)19(25)15-24-13-9-21-18(20(24)26)14-16(2)3;1-4(2)3/h16-18,21H,5-15H2,1-4H3;4H,1-3H3. The van der Waals surface area contributed by atoms with Crippen LogP contribution in [0, 0.1) is 17.8 Å². The number of likely N-dealkylation sites (tertiary alicyclic amines) is 1. The Morgan fingerprint density at radius 2 is 1.73 bits per heavy atom. The van der Waals surface area contributed by atoms with E-state index in [1.165, 1.54) is 6.42 Å². The fourth-order valence-corrected chi connectivity index (χ4v) is 3.90. The highest BCUT2D eigenvalue weighted by molar-refractivity contribution is 5.88. The molecule has 0 aliphatic carbocycles. The van der Waals surface area contributed by atoms with E-state index in [9.17, 15) is 9.59 Å². The fourth-order valence-electron chi connectivity index (χ4n) is 3.90. The first kappa shape index (κ1) is 26.9. The summed E-state index contributed by atoms with van der Waals surface area (Å²) in [7, 11) is 2.16. The van der Waals surface area contributed by atoms with Gasteiger partial charge in [-0.15, -0.1) is 0 Å². The molecule has 0 aromatic rings. The van der Waals surface area contributed by atoms with Gasteiger partial charge in [-0.3, -0.25) is 9.59 Å². The van der Waals surface area contributed by atoms with Gasteiger partial charge in [-0.25, -0.2) is 0 Å². The van der Waals surface area contributed by atoms with Crippen LogP contribution >= 0.6 is 0 Å². The molecule has 0 spiro atoms. The molecule has 1 atom stereocenters. The summed E-state index contributed by atoms with van der Waals surface area (Å²) >= 11 is 0. The molecule has 2 rings (SSSR count). The quantitative estimate of drug-likeness (QED) is 0.651. The highest BCUT2D eigenvalue weighted by Crippen LogP contribution is 2.21. The van der Waals surface area contributed by atoms with Gasteiger partial charge in [-0.05, 0) is 63.6 Å². The molecule has 30 heavy (non-hydrogen) atoms. The van der Waals surface area contributed by atoms with Crippen molar-refractivity contribution in [1.82, 2.24) is 20.0 Å². The molecule has 6 nitrogen and oxygen atoms in total. The minimum Gasteiger partial charge on any atom is -0.341 e. The minimum atomic E-state index is -0.127. The van der Waals surface area contributed by atoms with E-state index in [-0.39, 0.29) is 24.4 Å². The number of nitrogens with zero attached hydrogens (tertiary/aromatic N) is 3. The number of hydrogen-bond donors (Lipinski definition) is 1. The molecule has 2 aliphatic rings. The third-order valence-electron chi connectivity index (χ3n) is 5.84. The van der Waals surface area contributed by atoms with Crippen molar-refractivity contribution in [3.8, 4) is 0 Å². The maximum atomic E-state index is 12.7. The smallest absolute Gasteiger partial charge is 0.242 e. The fraction of sp³-hybridized carbons (Fsp3) is 0.917. The van der Waals surface area contributed by atoms with E-state index < -0.39 is 0 Å². The molecule has 2 amide bonds. The molecule has 176 valence electrons. The average Bonchev–Trinajstić information content (AvgIpc) is 2.68. The van der Waals surface area contributed by atoms with Crippen molar-refractivity contribution in [3.63, 3.8) is 0 Å². The second kappa shape index (κ2) is 14.0. The van der Waals surface area contributed by atoms with Crippen LogP contribution in [0.2, 0.25) is 0 Å². The Morgan fingerprint density at radius 1 is 1.13 bits per heavy atom. The minimum absolute atomic E-state index is 0.0933. The van der Waals surface area contributed by atoms with E-state index in [1.807, 2.05) is 4.90 Å². The second-order valence-corrected chi connectivity index (χ2v) is 10.1. The lowest BCUT2D eigenvalue weighted by Crippen LogP contribution is -2.57. The van der Waals surface area contributed by atoms with Crippen molar-refractivity contribution in [3.05, 3.63) is 0 Å². The number of rotatable bonds is 8. The van der Waals surface area contributed by atoms with Crippen LogP contribution in [0.4, 0.5) is 0 Å². The van der Waals surface area contributed by atoms with Gasteiger partial charge in [0, 0.05) is 26.2 Å². The topological polar surface area (TPSA) is 55.9 Å². The summed E-state index contributed by atoms with van der Waals surface area (Å²) in [6.45, 7) is 18.5. The maximum Gasteiger partial charge on any atom is 0.242 e. The molecule has 1 unspecified atom stereocenters. The Balaban J connectivity index is 0.00000103. The van der Waals surface area contributed by atoms with Crippen LogP contribution in [-0.4, -0.2) is 85.4 Å². The Bertz CT molecular complexity index is 499. The Hall–Kier alpha value is -1.14. The normalized spacial score (nSPS) is 20.7.